The van der Waals surface area contributed by atoms with Gasteiger partial charge >= 0.3 is 0 Å². The number of aromatic nitrogens is 4. The van der Waals surface area contributed by atoms with Gasteiger partial charge in [-0.05, 0) is 31.9 Å². The smallest absolute Gasteiger partial charge is 0.266 e. The lowest BCUT2D eigenvalue weighted by atomic mass is 10.1. The van der Waals surface area contributed by atoms with Crippen LogP contribution >= 0.6 is 0 Å². The van der Waals surface area contributed by atoms with Crippen LogP contribution in [0.2, 0.25) is 0 Å². The van der Waals surface area contributed by atoms with E-state index in [1.165, 1.54) is 13.3 Å². The van der Waals surface area contributed by atoms with Crippen molar-refractivity contribution in [2.45, 2.75) is 32.2 Å². The lowest BCUT2D eigenvalue weighted by molar-refractivity contribution is -0.119. The van der Waals surface area contributed by atoms with Crippen LogP contribution in [0.5, 0.6) is 0 Å². The minimum absolute atomic E-state index is 0.144. The first-order valence-corrected chi connectivity index (χ1v) is 6.77. The van der Waals surface area contributed by atoms with Gasteiger partial charge in [0, 0.05) is 13.1 Å². The van der Waals surface area contributed by atoms with Gasteiger partial charge < -0.3 is 15.5 Å². The summed E-state index contributed by atoms with van der Waals surface area (Å²) in [6, 6.07) is 1.37. The fraction of sp³-hybridized carbons (Fsp3) is 0.462. The lowest BCUT2D eigenvalue weighted by Gasteiger charge is -2.13. The van der Waals surface area contributed by atoms with Crippen molar-refractivity contribution in [2.75, 3.05) is 6.54 Å². The Balaban J connectivity index is 2.12. The highest BCUT2D eigenvalue weighted by Crippen LogP contribution is 2.22. The SMILES string of the molecule is CC(=O)NC(CCCCN)c1nnc(-c2ccncn2)o1. The van der Waals surface area contributed by atoms with Gasteiger partial charge in [0.1, 0.15) is 18.1 Å². The third-order valence-electron chi connectivity index (χ3n) is 2.86. The molecule has 2 aromatic heterocycles. The van der Waals surface area contributed by atoms with Gasteiger partial charge in [-0.2, -0.15) is 0 Å². The molecule has 112 valence electrons. The van der Waals surface area contributed by atoms with Crippen LogP contribution in [0.4, 0.5) is 0 Å². The molecule has 2 aromatic rings. The van der Waals surface area contributed by atoms with Crippen LogP contribution in [-0.2, 0) is 4.79 Å². The highest BCUT2D eigenvalue weighted by atomic mass is 16.4. The van der Waals surface area contributed by atoms with Gasteiger partial charge in [0.2, 0.25) is 11.8 Å². The van der Waals surface area contributed by atoms with E-state index in [-0.39, 0.29) is 11.9 Å². The number of amides is 1. The Morgan fingerprint density at radius 2 is 2.29 bits per heavy atom. The first-order valence-electron chi connectivity index (χ1n) is 6.77. The highest BCUT2D eigenvalue weighted by Gasteiger charge is 2.20. The number of nitrogens with zero attached hydrogens (tertiary/aromatic N) is 4. The summed E-state index contributed by atoms with van der Waals surface area (Å²) >= 11 is 0. The molecule has 0 spiro atoms. The minimum Gasteiger partial charge on any atom is -0.417 e. The van der Waals surface area contributed by atoms with Gasteiger partial charge in [-0.15, -0.1) is 10.2 Å². The summed E-state index contributed by atoms with van der Waals surface area (Å²) in [6.45, 7) is 2.07. The Bertz CT molecular complexity index is 571. The minimum atomic E-state index is -0.308. The Hall–Kier alpha value is -2.35. The number of hydrogen-bond acceptors (Lipinski definition) is 7. The van der Waals surface area contributed by atoms with Gasteiger partial charge in [0.15, 0.2) is 0 Å². The molecule has 1 atom stereocenters. The molecule has 2 rings (SSSR count). The molecule has 0 aliphatic carbocycles. The first kappa shape index (κ1) is 15.0. The fourth-order valence-corrected chi connectivity index (χ4v) is 1.89. The molecule has 1 unspecified atom stereocenters. The van der Waals surface area contributed by atoms with Crippen molar-refractivity contribution in [2.24, 2.45) is 5.73 Å². The molecular formula is C13H18N6O2. The zero-order valence-electron chi connectivity index (χ0n) is 11.8. The number of nitrogens with one attached hydrogen (secondary N) is 1. The molecule has 0 radical (unpaired) electrons. The molecule has 0 saturated heterocycles. The van der Waals surface area contributed by atoms with Crippen molar-refractivity contribution >= 4 is 5.91 Å². The molecule has 1 amide bonds. The molecule has 0 aliphatic rings. The molecule has 0 bridgehead atoms. The maximum atomic E-state index is 11.3. The molecule has 3 N–H and O–H groups in total. The summed E-state index contributed by atoms with van der Waals surface area (Å²) in [5.41, 5.74) is 6.03. The highest BCUT2D eigenvalue weighted by molar-refractivity contribution is 5.73. The second-order valence-corrected chi connectivity index (χ2v) is 4.58. The van der Waals surface area contributed by atoms with E-state index in [0.717, 1.165) is 12.8 Å². The predicted octanol–water partition coefficient (Wildman–Crippen LogP) is 0.833. The summed E-state index contributed by atoms with van der Waals surface area (Å²) < 4.78 is 5.60. The Labute approximate surface area is 122 Å². The predicted molar refractivity (Wildman–Crippen MR) is 74.8 cm³/mol. The van der Waals surface area contributed by atoms with Crippen LogP contribution in [0.1, 0.15) is 38.1 Å². The van der Waals surface area contributed by atoms with Crippen LogP contribution in [0, 0.1) is 0 Å². The summed E-state index contributed by atoms with van der Waals surface area (Å²) in [7, 11) is 0. The second kappa shape index (κ2) is 7.44. The van der Waals surface area contributed by atoms with Gasteiger partial charge in [0.05, 0.1) is 0 Å². The molecule has 21 heavy (non-hydrogen) atoms. The third kappa shape index (κ3) is 4.32. The maximum Gasteiger partial charge on any atom is 0.266 e. The molecule has 0 aromatic carbocycles. The van der Waals surface area contributed by atoms with Crippen molar-refractivity contribution in [1.82, 2.24) is 25.5 Å². The Kier molecular flexibility index (Phi) is 5.33. The van der Waals surface area contributed by atoms with E-state index in [1.807, 2.05) is 0 Å². The van der Waals surface area contributed by atoms with E-state index < -0.39 is 0 Å². The zero-order chi connectivity index (χ0) is 15.1. The number of unbranched alkanes of at least 4 members (excludes halogenated alkanes) is 1. The average molecular weight is 290 g/mol. The zero-order valence-corrected chi connectivity index (χ0v) is 11.8. The molecule has 8 nitrogen and oxygen atoms in total. The molecule has 0 saturated carbocycles. The third-order valence-corrected chi connectivity index (χ3v) is 2.86. The van der Waals surface area contributed by atoms with Gasteiger partial charge in [-0.1, -0.05) is 0 Å². The number of hydrogen-bond donors (Lipinski definition) is 2. The van der Waals surface area contributed by atoms with E-state index in [9.17, 15) is 4.79 Å². The van der Waals surface area contributed by atoms with E-state index >= 15 is 0 Å². The van der Waals surface area contributed by atoms with Crippen molar-refractivity contribution in [3.8, 4) is 11.6 Å². The van der Waals surface area contributed by atoms with Crippen molar-refractivity contribution in [3.63, 3.8) is 0 Å². The van der Waals surface area contributed by atoms with Gasteiger partial charge in [-0.3, -0.25) is 4.79 Å². The summed E-state index contributed by atoms with van der Waals surface area (Å²) in [5, 5.41) is 10.8. The van der Waals surface area contributed by atoms with Crippen LogP contribution in [0.3, 0.4) is 0 Å². The van der Waals surface area contributed by atoms with Crippen molar-refractivity contribution in [1.29, 1.82) is 0 Å². The monoisotopic (exact) mass is 290 g/mol. The standard InChI is InChI=1S/C13H18N6O2/c1-9(20)17-11(4-2-3-6-14)13-19-18-12(21-13)10-5-7-15-8-16-10/h5,7-8,11H,2-4,6,14H2,1H3,(H,17,20). The molecular weight excluding hydrogens is 272 g/mol. The Morgan fingerprint density at radius 3 is 2.95 bits per heavy atom. The normalized spacial score (nSPS) is 12.1. The van der Waals surface area contributed by atoms with Crippen LogP contribution in [0.25, 0.3) is 11.6 Å². The number of nitrogens with two attached hydrogens (primary N) is 1. The number of carbonyl (C=O) groups excluding carboxylic acids is 1. The van der Waals surface area contributed by atoms with E-state index in [2.05, 4.69) is 25.5 Å². The lowest BCUT2D eigenvalue weighted by Crippen LogP contribution is -2.26. The largest absolute Gasteiger partial charge is 0.417 e. The Morgan fingerprint density at radius 1 is 1.43 bits per heavy atom. The van der Waals surface area contributed by atoms with Crippen LogP contribution < -0.4 is 11.1 Å². The summed E-state index contributed by atoms with van der Waals surface area (Å²) in [5.74, 6) is 0.534. The van der Waals surface area contributed by atoms with E-state index in [1.54, 1.807) is 12.3 Å². The van der Waals surface area contributed by atoms with E-state index in [4.69, 9.17) is 10.2 Å². The van der Waals surface area contributed by atoms with Crippen LogP contribution in [0.15, 0.2) is 23.0 Å². The molecule has 0 fully saturated rings. The van der Waals surface area contributed by atoms with Crippen LogP contribution in [-0.4, -0.2) is 32.6 Å². The topological polar surface area (TPSA) is 120 Å². The number of carbonyl (C=O) groups is 1. The van der Waals surface area contributed by atoms with E-state index in [0.29, 0.717) is 30.4 Å². The maximum absolute atomic E-state index is 11.3. The average Bonchev–Trinajstić information content (AvgIpc) is 2.97. The first-order chi connectivity index (χ1) is 10.2. The molecule has 2 heterocycles. The summed E-state index contributed by atoms with van der Waals surface area (Å²) in [6.07, 6.45) is 5.45. The van der Waals surface area contributed by atoms with Crippen molar-refractivity contribution in [3.05, 3.63) is 24.5 Å². The molecule has 0 aliphatic heterocycles. The fourth-order valence-electron chi connectivity index (χ4n) is 1.89. The molecule has 8 heteroatoms. The van der Waals surface area contributed by atoms with Gasteiger partial charge in [0.25, 0.3) is 5.89 Å². The summed E-state index contributed by atoms with van der Waals surface area (Å²) in [4.78, 5) is 19.2. The quantitative estimate of drug-likeness (QED) is 0.724. The number of rotatable bonds is 7. The van der Waals surface area contributed by atoms with Gasteiger partial charge in [-0.25, -0.2) is 9.97 Å². The van der Waals surface area contributed by atoms with Crippen molar-refractivity contribution < 1.29 is 9.21 Å². The second-order valence-electron chi connectivity index (χ2n) is 4.58.